The smallest absolute Gasteiger partial charge is 0.309 e. The summed E-state index contributed by atoms with van der Waals surface area (Å²) in [6.07, 6.45) is 3.89. The first-order chi connectivity index (χ1) is 12.9. The van der Waals surface area contributed by atoms with Crippen LogP contribution >= 0.6 is 0 Å². The third-order valence-electron chi connectivity index (χ3n) is 4.67. The Hall–Kier alpha value is -2.12. The summed E-state index contributed by atoms with van der Waals surface area (Å²) < 4.78 is 43.2. The van der Waals surface area contributed by atoms with E-state index in [1.165, 1.54) is 16.4 Å². The van der Waals surface area contributed by atoms with Crippen molar-refractivity contribution in [2.75, 3.05) is 35.8 Å². The number of hydrogen-bond donors (Lipinski definition) is 0. The predicted octanol–water partition coefficient (Wildman–Crippen LogP) is 4.15. The highest BCUT2D eigenvalue weighted by molar-refractivity contribution is 7.95. The van der Waals surface area contributed by atoms with Crippen LogP contribution in [0.4, 0.5) is 21.5 Å². The van der Waals surface area contributed by atoms with Gasteiger partial charge in [-0.3, -0.25) is 4.31 Å². The van der Waals surface area contributed by atoms with E-state index < -0.39 is 16.0 Å². The molecule has 0 N–H and O–H groups in total. The molecule has 0 saturated carbocycles. The van der Waals surface area contributed by atoms with Crippen molar-refractivity contribution < 1.29 is 12.8 Å². The molecule has 0 saturated heterocycles. The molecule has 0 radical (unpaired) electrons. The van der Waals surface area contributed by atoms with Gasteiger partial charge in [-0.15, -0.1) is 0 Å². The van der Waals surface area contributed by atoms with E-state index in [-0.39, 0.29) is 5.69 Å². The van der Waals surface area contributed by atoms with Crippen molar-refractivity contribution in [1.82, 2.24) is 4.90 Å². The highest BCUT2D eigenvalue weighted by Gasteiger charge is 2.41. The van der Waals surface area contributed by atoms with E-state index in [1.807, 2.05) is 20.2 Å². The minimum absolute atomic E-state index is 0.0541. The average molecular weight is 392 g/mol. The second-order valence-corrected chi connectivity index (χ2v) is 8.70. The van der Waals surface area contributed by atoms with Crippen LogP contribution < -0.4 is 8.61 Å². The van der Waals surface area contributed by atoms with Crippen LogP contribution in [0.25, 0.3) is 0 Å². The number of hydrogen-bond acceptors (Lipinski definition) is 3. The molecule has 0 unspecified atom stereocenters. The van der Waals surface area contributed by atoms with Crippen molar-refractivity contribution in [3.8, 4) is 0 Å². The Morgan fingerprint density at radius 2 is 1.44 bits per heavy atom. The summed E-state index contributed by atoms with van der Waals surface area (Å²) in [6, 6.07) is 13.0. The molecule has 146 valence electrons. The molecule has 0 atom stereocenters. The van der Waals surface area contributed by atoms with Crippen molar-refractivity contribution in [1.29, 1.82) is 0 Å². The molecule has 1 heterocycles. The van der Waals surface area contributed by atoms with E-state index in [2.05, 4.69) is 4.90 Å². The topological polar surface area (TPSA) is 43.9 Å². The van der Waals surface area contributed by atoms with Crippen LogP contribution in [0.15, 0.2) is 48.5 Å². The minimum Gasteiger partial charge on any atom is -0.309 e. The van der Waals surface area contributed by atoms with Crippen LogP contribution in [-0.2, 0) is 10.2 Å². The van der Waals surface area contributed by atoms with Gasteiger partial charge in [0.15, 0.2) is 0 Å². The van der Waals surface area contributed by atoms with Gasteiger partial charge in [-0.05, 0) is 57.7 Å². The van der Waals surface area contributed by atoms with Gasteiger partial charge in [-0.25, -0.2) is 8.70 Å². The zero-order valence-electron chi connectivity index (χ0n) is 15.8. The SMILES string of the molecule is CN(C)CCCCCCN1c2ccccc2N(c2ccccc2F)S1(=O)=O. The maximum atomic E-state index is 14.3. The van der Waals surface area contributed by atoms with Crippen molar-refractivity contribution >= 4 is 27.3 Å². The molecule has 0 fully saturated rings. The first-order valence-electron chi connectivity index (χ1n) is 9.24. The first kappa shape index (κ1) is 19.6. The quantitative estimate of drug-likeness (QED) is 0.635. The Bertz CT molecular complexity index is 886. The van der Waals surface area contributed by atoms with E-state index in [0.717, 1.165) is 36.5 Å². The number of benzene rings is 2. The Labute approximate surface area is 161 Å². The molecule has 5 nitrogen and oxygen atoms in total. The van der Waals surface area contributed by atoms with Crippen LogP contribution in [0.2, 0.25) is 0 Å². The molecule has 0 bridgehead atoms. The number of anilines is 3. The predicted molar refractivity (Wildman–Crippen MR) is 108 cm³/mol. The highest BCUT2D eigenvalue weighted by atomic mass is 32.2. The third-order valence-corrected chi connectivity index (χ3v) is 6.46. The van der Waals surface area contributed by atoms with Gasteiger partial charge >= 0.3 is 10.2 Å². The van der Waals surface area contributed by atoms with Crippen LogP contribution in [0.1, 0.15) is 25.7 Å². The summed E-state index contributed by atoms with van der Waals surface area (Å²) in [5, 5.41) is 0. The van der Waals surface area contributed by atoms with Gasteiger partial charge in [-0.2, -0.15) is 8.42 Å². The summed E-state index contributed by atoms with van der Waals surface area (Å²) in [7, 11) is 0.243. The number of halogens is 1. The fraction of sp³-hybridized carbons (Fsp3) is 0.400. The molecule has 3 rings (SSSR count). The molecular formula is C20H26FN3O2S. The number of rotatable bonds is 8. The maximum Gasteiger partial charge on any atom is 0.331 e. The van der Waals surface area contributed by atoms with E-state index in [0.29, 0.717) is 17.9 Å². The summed E-state index contributed by atoms with van der Waals surface area (Å²) in [5.74, 6) is -0.554. The largest absolute Gasteiger partial charge is 0.331 e. The van der Waals surface area contributed by atoms with Crippen LogP contribution in [0.5, 0.6) is 0 Å². The van der Waals surface area contributed by atoms with E-state index >= 15 is 0 Å². The van der Waals surface area contributed by atoms with Crippen LogP contribution in [0.3, 0.4) is 0 Å². The number of para-hydroxylation sites is 3. The average Bonchev–Trinajstić information content (AvgIpc) is 2.85. The second kappa shape index (κ2) is 8.27. The molecule has 1 aliphatic rings. The van der Waals surface area contributed by atoms with Gasteiger partial charge < -0.3 is 4.90 Å². The van der Waals surface area contributed by atoms with Gasteiger partial charge in [0.1, 0.15) is 5.82 Å². The van der Waals surface area contributed by atoms with Crippen molar-refractivity contribution in [2.45, 2.75) is 25.7 Å². The van der Waals surface area contributed by atoms with Gasteiger partial charge in [0.2, 0.25) is 0 Å². The number of unbranched alkanes of at least 4 members (excludes halogenated alkanes) is 3. The second-order valence-electron chi connectivity index (χ2n) is 7.00. The Kier molecular flexibility index (Phi) is 6.01. The number of nitrogens with zero attached hydrogens (tertiary/aromatic N) is 3. The molecule has 0 amide bonds. The van der Waals surface area contributed by atoms with Crippen molar-refractivity contribution in [3.05, 3.63) is 54.3 Å². The van der Waals surface area contributed by atoms with Gasteiger partial charge in [0.25, 0.3) is 0 Å². The lowest BCUT2D eigenvalue weighted by Gasteiger charge is -2.22. The molecule has 27 heavy (non-hydrogen) atoms. The Morgan fingerprint density at radius 1 is 0.852 bits per heavy atom. The van der Waals surface area contributed by atoms with Gasteiger partial charge in [-0.1, -0.05) is 37.1 Å². The zero-order chi connectivity index (χ0) is 19.4. The zero-order valence-corrected chi connectivity index (χ0v) is 16.6. The van der Waals surface area contributed by atoms with Crippen LogP contribution in [0, 0.1) is 5.82 Å². The third kappa shape index (κ3) is 4.09. The summed E-state index contributed by atoms with van der Waals surface area (Å²) in [6.45, 7) is 1.43. The fourth-order valence-corrected chi connectivity index (χ4v) is 5.10. The van der Waals surface area contributed by atoms with Crippen molar-refractivity contribution in [3.63, 3.8) is 0 Å². The summed E-state index contributed by atoms with van der Waals surface area (Å²) in [5.41, 5.74) is 1.16. The Balaban J connectivity index is 1.79. The normalized spacial score (nSPS) is 15.4. The molecule has 0 aliphatic carbocycles. The molecule has 7 heteroatoms. The Morgan fingerprint density at radius 3 is 2.11 bits per heavy atom. The lowest BCUT2D eigenvalue weighted by molar-refractivity contribution is 0.390. The number of fused-ring (bicyclic) bond motifs is 1. The summed E-state index contributed by atoms with van der Waals surface area (Å²) in [4.78, 5) is 2.15. The fourth-order valence-electron chi connectivity index (χ4n) is 3.34. The van der Waals surface area contributed by atoms with E-state index in [9.17, 15) is 12.8 Å². The first-order valence-corrected chi connectivity index (χ1v) is 10.6. The lowest BCUT2D eigenvalue weighted by Crippen LogP contribution is -2.36. The van der Waals surface area contributed by atoms with Gasteiger partial charge in [0, 0.05) is 6.54 Å². The standard InChI is InChI=1S/C20H26FN3O2S/c1-22(2)15-9-3-4-10-16-23-19-13-7-8-14-20(19)24(27(23,25)26)18-12-6-5-11-17(18)21/h5-8,11-14H,3-4,9-10,15-16H2,1-2H3. The molecule has 1 aliphatic heterocycles. The lowest BCUT2D eigenvalue weighted by atomic mass is 10.2. The molecule has 0 spiro atoms. The summed E-state index contributed by atoms with van der Waals surface area (Å²) >= 11 is 0. The monoisotopic (exact) mass is 391 g/mol. The molecule has 0 aromatic heterocycles. The molecule has 2 aromatic rings. The minimum atomic E-state index is -3.85. The van der Waals surface area contributed by atoms with E-state index in [4.69, 9.17) is 0 Å². The van der Waals surface area contributed by atoms with Crippen molar-refractivity contribution in [2.24, 2.45) is 0 Å². The molecular weight excluding hydrogens is 365 g/mol. The van der Waals surface area contributed by atoms with Crippen LogP contribution in [-0.4, -0.2) is 40.5 Å². The van der Waals surface area contributed by atoms with Gasteiger partial charge in [0.05, 0.1) is 17.1 Å². The highest BCUT2D eigenvalue weighted by Crippen LogP contribution is 2.45. The van der Waals surface area contributed by atoms with E-state index in [1.54, 1.807) is 30.3 Å². The molecule has 2 aromatic carbocycles. The maximum absolute atomic E-state index is 14.3.